The minimum absolute atomic E-state index is 0. The first-order valence-electron chi connectivity index (χ1n) is 1.98. The van der Waals surface area contributed by atoms with E-state index in [1.165, 1.54) is 0 Å². The van der Waals surface area contributed by atoms with Crippen molar-refractivity contribution in [1.82, 2.24) is 0 Å². The monoisotopic (exact) mass is 193 g/mol. The van der Waals surface area contributed by atoms with E-state index in [1.807, 2.05) is 0 Å². The largest absolute Gasteiger partial charge is 2.00 e. The zero-order valence-electron chi connectivity index (χ0n) is 4.55. The zero-order chi connectivity index (χ0) is 7.44. The van der Waals surface area contributed by atoms with Crippen molar-refractivity contribution in [3.8, 4) is 0 Å². The van der Waals surface area contributed by atoms with E-state index in [-0.39, 0.29) is 17.1 Å². The SMILES string of the molecule is O=C([O-])CC(=O)C(=O)[O-].[Cu+2]. The van der Waals surface area contributed by atoms with Gasteiger partial charge in [0.25, 0.3) is 0 Å². The molecule has 0 saturated carbocycles. The quantitative estimate of drug-likeness (QED) is 0.263. The third-order valence-corrected chi connectivity index (χ3v) is 0.533. The summed E-state index contributed by atoms with van der Waals surface area (Å²) in [5.41, 5.74) is 0. The van der Waals surface area contributed by atoms with Crippen LogP contribution in [0.4, 0.5) is 0 Å². The van der Waals surface area contributed by atoms with Crippen LogP contribution in [0.15, 0.2) is 0 Å². The van der Waals surface area contributed by atoms with Gasteiger partial charge in [-0.25, -0.2) is 0 Å². The van der Waals surface area contributed by atoms with Crippen LogP contribution in [-0.2, 0) is 31.5 Å². The first kappa shape index (κ1) is 11.9. The van der Waals surface area contributed by atoms with Crippen LogP contribution in [0.3, 0.4) is 0 Å². The van der Waals surface area contributed by atoms with Crippen LogP contribution in [-0.4, -0.2) is 17.7 Å². The molecule has 0 aromatic carbocycles. The molecule has 0 rings (SSSR count). The number of carboxylic acid groups (broad SMARTS) is 2. The van der Waals surface area contributed by atoms with Crippen LogP contribution in [0.25, 0.3) is 0 Å². The molecule has 0 heterocycles. The first-order chi connectivity index (χ1) is 4.04. The summed E-state index contributed by atoms with van der Waals surface area (Å²) in [4.78, 5) is 28.8. The maximum absolute atomic E-state index is 9.87. The van der Waals surface area contributed by atoms with Crippen LogP contribution < -0.4 is 10.2 Å². The van der Waals surface area contributed by atoms with Gasteiger partial charge in [-0.05, 0) is 0 Å². The standard InChI is InChI=1S/C4H4O5.Cu/c5-2(4(8)9)1-3(6)7;/h1H2,(H,6,7)(H,8,9);/q;+2/p-2. The normalized spacial score (nSPS) is 7.60. The molecule has 0 bridgehead atoms. The minimum atomic E-state index is -2.00. The summed E-state index contributed by atoms with van der Waals surface area (Å²) in [5.74, 6) is -5.20. The molecule has 0 atom stereocenters. The molecule has 0 spiro atoms. The van der Waals surface area contributed by atoms with Gasteiger partial charge in [-0.15, -0.1) is 0 Å². The van der Waals surface area contributed by atoms with Gasteiger partial charge in [0, 0.05) is 5.97 Å². The summed E-state index contributed by atoms with van der Waals surface area (Å²) in [7, 11) is 0. The van der Waals surface area contributed by atoms with Gasteiger partial charge in [0.05, 0.1) is 6.42 Å². The molecule has 1 radical (unpaired) electrons. The Morgan fingerprint density at radius 1 is 1.10 bits per heavy atom. The van der Waals surface area contributed by atoms with Crippen molar-refractivity contribution in [2.75, 3.05) is 0 Å². The molecule has 0 amide bonds. The van der Waals surface area contributed by atoms with Crippen molar-refractivity contribution in [1.29, 1.82) is 0 Å². The van der Waals surface area contributed by atoms with E-state index in [0.717, 1.165) is 0 Å². The fourth-order valence-corrected chi connectivity index (χ4v) is 0.203. The number of aliphatic carboxylic acids is 2. The average molecular weight is 194 g/mol. The van der Waals surface area contributed by atoms with Crippen molar-refractivity contribution < 1.29 is 41.7 Å². The van der Waals surface area contributed by atoms with E-state index in [4.69, 9.17) is 0 Å². The molecular weight excluding hydrogens is 192 g/mol. The molecule has 6 heteroatoms. The number of hydrogen-bond acceptors (Lipinski definition) is 5. The predicted octanol–water partition coefficient (Wildman–Crippen LogP) is -3.56. The molecule has 0 aliphatic carbocycles. The number of carbonyl (C=O) groups is 3. The number of carbonyl (C=O) groups excluding carboxylic acids is 3. The molecule has 10 heavy (non-hydrogen) atoms. The zero-order valence-corrected chi connectivity index (χ0v) is 5.49. The molecule has 0 N–H and O–H groups in total. The van der Waals surface area contributed by atoms with Gasteiger partial charge < -0.3 is 19.8 Å². The molecule has 0 aliphatic rings. The Kier molecular flexibility index (Phi) is 5.88. The summed E-state index contributed by atoms with van der Waals surface area (Å²) in [5, 5.41) is 19.0. The molecule has 0 saturated heterocycles. The van der Waals surface area contributed by atoms with Gasteiger partial charge in [-0.1, -0.05) is 0 Å². The number of hydrogen-bond donors (Lipinski definition) is 0. The first-order valence-corrected chi connectivity index (χ1v) is 1.98. The molecule has 0 aromatic heterocycles. The van der Waals surface area contributed by atoms with Crippen LogP contribution in [0, 0.1) is 0 Å². The number of Topliss-reactive ketones (excluding diaryl/α,β-unsaturated/α-hetero) is 1. The Bertz CT molecular complexity index is 163. The smallest absolute Gasteiger partial charge is 0.550 e. The fourth-order valence-electron chi connectivity index (χ4n) is 0.203. The Hall–Kier alpha value is -0.871. The summed E-state index contributed by atoms with van der Waals surface area (Å²) in [6, 6.07) is 0. The molecule has 59 valence electrons. The fraction of sp³-hybridized carbons (Fsp3) is 0.250. The van der Waals surface area contributed by atoms with E-state index in [2.05, 4.69) is 0 Å². The van der Waals surface area contributed by atoms with Crippen LogP contribution >= 0.6 is 0 Å². The maximum atomic E-state index is 9.87. The van der Waals surface area contributed by atoms with E-state index < -0.39 is 24.1 Å². The Labute approximate surface area is 66.5 Å². The third kappa shape index (κ3) is 5.27. The summed E-state index contributed by atoms with van der Waals surface area (Å²) >= 11 is 0. The predicted molar refractivity (Wildman–Crippen MR) is 19.6 cm³/mol. The summed E-state index contributed by atoms with van der Waals surface area (Å²) < 4.78 is 0. The average Bonchev–Trinajstić information content (AvgIpc) is 1.63. The Morgan fingerprint density at radius 3 is 1.60 bits per heavy atom. The molecule has 0 fully saturated rings. The van der Waals surface area contributed by atoms with Gasteiger partial charge in [-0.2, -0.15) is 0 Å². The van der Waals surface area contributed by atoms with Crippen LogP contribution in [0.5, 0.6) is 0 Å². The molecule has 0 unspecified atom stereocenters. The molecule has 0 aliphatic heterocycles. The number of ketones is 1. The van der Waals surface area contributed by atoms with E-state index >= 15 is 0 Å². The Balaban J connectivity index is 0. The van der Waals surface area contributed by atoms with E-state index in [9.17, 15) is 24.6 Å². The number of carboxylic acids is 2. The van der Waals surface area contributed by atoms with Gasteiger partial charge in [0.15, 0.2) is 5.78 Å². The third-order valence-electron chi connectivity index (χ3n) is 0.533. The van der Waals surface area contributed by atoms with Gasteiger partial charge in [-0.3, -0.25) is 4.79 Å². The molecule has 0 aromatic rings. The second kappa shape index (κ2) is 4.96. The minimum Gasteiger partial charge on any atom is -0.550 e. The Morgan fingerprint density at radius 2 is 1.50 bits per heavy atom. The summed E-state index contributed by atoms with van der Waals surface area (Å²) in [6.07, 6.45) is -1.12. The summed E-state index contributed by atoms with van der Waals surface area (Å²) in [6.45, 7) is 0. The molecular formula is C4H2CuO5. The van der Waals surface area contributed by atoms with Crippen LogP contribution in [0.2, 0.25) is 0 Å². The van der Waals surface area contributed by atoms with Crippen molar-refractivity contribution in [3.05, 3.63) is 0 Å². The van der Waals surface area contributed by atoms with Crippen molar-refractivity contribution >= 4 is 17.7 Å². The second-order valence-electron chi connectivity index (χ2n) is 1.26. The van der Waals surface area contributed by atoms with Crippen molar-refractivity contribution in [2.45, 2.75) is 6.42 Å². The second-order valence-corrected chi connectivity index (χ2v) is 1.26. The maximum Gasteiger partial charge on any atom is 2.00 e. The van der Waals surface area contributed by atoms with E-state index in [0.29, 0.717) is 0 Å². The van der Waals surface area contributed by atoms with Crippen LogP contribution in [0.1, 0.15) is 6.42 Å². The van der Waals surface area contributed by atoms with Crippen molar-refractivity contribution in [2.24, 2.45) is 0 Å². The topological polar surface area (TPSA) is 97.3 Å². The van der Waals surface area contributed by atoms with E-state index in [1.54, 1.807) is 0 Å². The van der Waals surface area contributed by atoms with Gasteiger partial charge >= 0.3 is 17.1 Å². The van der Waals surface area contributed by atoms with Crippen molar-refractivity contribution in [3.63, 3.8) is 0 Å². The van der Waals surface area contributed by atoms with Gasteiger partial charge in [0.2, 0.25) is 0 Å². The van der Waals surface area contributed by atoms with Gasteiger partial charge in [0.1, 0.15) is 5.97 Å². The number of rotatable bonds is 3. The molecule has 5 nitrogen and oxygen atoms in total.